The number of amides is 1. The zero-order chi connectivity index (χ0) is 14.5. The third kappa shape index (κ3) is 4.38. The van der Waals surface area contributed by atoms with Crippen LogP contribution in [0.1, 0.15) is 47.6 Å². The lowest BCUT2D eigenvalue weighted by Gasteiger charge is -2.04. The molecule has 0 unspecified atom stereocenters. The number of rotatable bonds is 8. The summed E-state index contributed by atoms with van der Waals surface area (Å²) in [7, 11) is 0. The first-order valence-electron chi connectivity index (χ1n) is 6.89. The molecule has 6 nitrogen and oxygen atoms in total. The van der Waals surface area contributed by atoms with Gasteiger partial charge in [0.2, 0.25) is 11.7 Å². The number of carboxylic acids is 1. The fourth-order valence-corrected chi connectivity index (χ4v) is 1.96. The Labute approximate surface area is 117 Å². The molecule has 0 saturated heterocycles. The third-order valence-electron chi connectivity index (χ3n) is 3.16. The molecule has 1 fully saturated rings. The Balaban J connectivity index is 1.61. The molecule has 1 aliphatic rings. The molecule has 1 heterocycles. The SMILES string of the molecule is Cc1cc(CNCCCC(=O)NC2CC2)oc1C(=O)O. The predicted molar refractivity (Wildman–Crippen MR) is 72.5 cm³/mol. The average Bonchev–Trinajstić information content (AvgIpc) is 3.10. The molecule has 20 heavy (non-hydrogen) atoms. The van der Waals surface area contributed by atoms with Crippen LogP contribution in [0.3, 0.4) is 0 Å². The highest BCUT2D eigenvalue weighted by Gasteiger charge is 2.22. The molecule has 1 aromatic heterocycles. The molecule has 110 valence electrons. The summed E-state index contributed by atoms with van der Waals surface area (Å²) in [6.07, 6.45) is 3.48. The Hall–Kier alpha value is -1.82. The van der Waals surface area contributed by atoms with E-state index in [0.717, 1.165) is 19.3 Å². The summed E-state index contributed by atoms with van der Waals surface area (Å²) in [6, 6.07) is 2.13. The van der Waals surface area contributed by atoms with Crippen molar-refractivity contribution in [3.63, 3.8) is 0 Å². The van der Waals surface area contributed by atoms with Crippen molar-refractivity contribution < 1.29 is 19.1 Å². The normalized spacial score (nSPS) is 14.2. The van der Waals surface area contributed by atoms with Gasteiger partial charge < -0.3 is 20.2 Å². The van der Waals surface area contributed by atoms with E-state index in [9.17, 15) is 9.59 Å². The molecule has 0 radical (unpaired) electrons. The number of carbonyl (C=O) groups is 2. The number of nitrogens with one attached hydrogen (secondary N) is 2. The molecular formula is C14H20N2O4. The number of furan rings is 1. The van der Waals surface area contributed by atoms with Crippen LogP contribution in [0.25, 0.3) is 0 Å². The number of hydrogen-bond donors (Lipinski definition) is 3. The van der Waals surface area contributed by atoms with E-state index in [2.05, 4.69) is 10.6 Å². The van der Waals surface area contributed by atoms with Gasteiger partial charge in [0.1, 0.15) is 5.76 Å². The molecule has 0 spiro atoms. The molecule has 0 aliphatic heterocycles. The summed E-state index contributed by atoms with van der Waals surface area (Å²) in [4.78, 5) is 22.2. The van der Waals surface area contributed by atoms with E-state index in [1.54, 1.807) is 13.0 Å². The van der Waals surface area contributed by atoms with Gasteiger partial charge in [0.15, 0.2) is 0 Å². The maximum absolute atomic E-state index is 11.4. The van der Waals surface area contributed by atoms with Crippen LogP contribution < -0.4 is 10.6 Å². The van der Waals surface area contributed by atoms with Gasteiger partial charge in [-0.25, -0.2) is 4.79 Å². The van der Waals surface area contributed by atoms with Crippen LogP contribution in [0.5, 0.6) is 0 Å². The third-order valence-corrected chi connectivity index (χ3v) is 3.16. The predicted octanol–water partition coefficient (Wildman–Crippen LogP) is 1.43. The van der Waals surface area contributed by atoms with E-state index in [-0.39, 0.29) is 11.7 Å². The van der Waals surface area contributed by atoms with Crippen molar-refractivity contribution in [1.82, 2.24) is 10.6 Å². The van der Waals surface area contributed by atoms with E-state index in [1.165, 1.54) is 0 Å². The molecule has 1 amide bonds. The minimum atomic E-state index is -1.05. The van der Waals surface area contributed by atoms with Crippen LogP contribution in [0.15, 0.2) is 10.5 Å². The van der Waals surface area contributed by atoms with Crippen LogP contribution in [-0.4, -0.2) is 29.6 Å². The van der Waals surface area contributed by atoms with E-state index in [1.807, 2.05) is 0 Å². The lowest BCUT2D eigenvalue weighted by atomic mass is 10.2. The molecule has 0 atom stereocenters. The van der Waals surface area contributed by atoms with Gasteiger partial charge in [0, 0.05) is 18.0 Å². The van der Waals surface area contributed by atoms with Crippen LogP contribution >= 0.6 is 0 Å². The van der Waals surface area contributed by atoms with Gasteiger partial charge in [0.05, 0.1) is 6.54 Å². The lowest BCUT2D eigenvalue weighted by Crippen LogP contribution is -2.26. The topological polar surface area (TPSA) is 91.6 Å². The first-order valence-corrected chi connectivity index (χ1v) is 6.89. The fourth-order valence-electron chi connectivity index (χ4n) is 1.96. The minimum absolute atomic E-state index is 0.00869. The highest BCUT2D eigenvalue weighted by atomic mass is 16.4. The Morgan fingerprint density at radius 3 is 2.80 bits per heavy atom. The summed E-state index contributed by atoms with van der Waals surface area (Å²) in [6.45, 7) is 2.87. The molecule has 0 aromatic carbocycles. The second-order valence-corrected chi connectivity index (χ2v) is 5.15. The molecular weight excluding hydrogens is 260 g/mol. The zero-order valence-electron chi connectivity index (χ0n) is 11.6. The van der Waals surface area contributed by atoms with Crippen molar-refractivity contribution in [2.75, 3.05) is 6.54 Å². The lowest BCUT2D eigenvalue weighted by molar-refractivity contribution is -0.121. The van der Waals surface area contributed by atoms with Crippen LogP contribution in [0, 0.1) is 6.92 Å². The largest absolute Gasteiger partial charge is 0.475 e. The second kappa shape index (κ2) is 6.56. The quantitative estimate of drug-likeness (QED) is 0.627. The van der Waals surface area contributed by atoms with Gasteiger partial charge >= 0.3 is 5.97 Å². The van der Waals surface area contributed by atoms with Crippen LogP contribution in [-0.2, 0) is 11.3 Å². The zero-order valence-corrected chi connectivity index (χ0v) is 11.6. The summed E-state index contributed by atoms with van der Waals surface area (Å²) in [5.74, 6) is -0.352. The summed E-state index contributed by atoms with van der Waals surface area (Å²) in [5, 5.41) is 14.9. The van der Waals surface area contributed by atoms with Gasteiger partial charge in [-0.05, 0) is 38.8 Å². The smallest absolute Gasteiger partial charge is 0.372 e. The standard InChI is InChI=1S/C14H20N2O4/c1-9-7-11(20-13(9)14(18)19)8-15-6-2-3-12(17)16-10-4-5-10/h7,10,15H,2-6,8H2,1H3,(H,16,17)(H,18,19). The van der Waals surface area contributed by atoms with Crippen molar-refractivity contribution in [2.24, 2.45) is 0 Å². The van der Waals surface area contributed by atoms with Crippen LogP contribution in [0.2, 0.25) is 0 Å². The molecule has 2 rings (SSSR count). The van der Waals surface area contributed by atoms with E-state index in [4.69, 9.17) is 9.52 Å². The number of aromatic carboxylic acids is 1. The minimum Gasteiger partial charge on any atom is -0.475 e. The molecule has 6 heteroatoms. The van der Waals surface area contributed by atoms with E-state index >= 15 is 0 Å². The van der Waals surface area contributed by atoms with E-state index < -0.39 is 5.97 Å². The van der Waals surface area contributed by atoms with Gasteiger partial charge in [-0.3, -0.25) is 4.79 Å². The van der Waals surface area contributed by atoms with Crippen molar-refractivity contribution >= 4 is 11.9 Å². The summed E-state index contributed by atoms with van der Waals surface area (Å²) in [5.41, 5.74) is 0.623. The monoisotopic (exact) mass is 280 g/mol. The molecule has 0 bridgehead atoms. The summed E-state index contributed by atoms with van der Waals surface area (Å²) >= 11 is 0. The highest BCUT2D eigenvalue weighted by Crippen LogP contribution is 2.18. The van der Waals surface area contributed by atoms with Crippen molar-refractivity contribution in [3.8, 4) is 0 Å². The molecule has 1 aliphatic carbocycles. The maximum Gasteiger partial charge on any atom is 0.372 e. The molecule has 3 N–H and O–H groups in total. The highest BCUT2D eigenvalue weighted by molar-refractivity contribution is 5.86. The first-order chi connectivity index (χ1) is 9.56. The number of aryl methyl sites for hydroxylation is 1. The van der Waals surface area contributed by atoms with Gasteiger partial charge in [-0.2, -0.15) is 0 Å². The fraction of sp³-hybridized carbons (Fsp3) is 0.571. The molecule has 1 saturated carbocycles. The molecule has 1 aromatic rings. The first kappa shape index (κ1) is 14.6. The Kier molecular flexibility index (Phi) is 4.79. The average molecular weight is 280 g/mol. The van der Waals surface area contributed by atoms with Gasteiger partial charge in [-0.15, -0.1) is 0 Å². The summed E-state index contributed by atoms with van der Waals surface area (Å²) < 4.78 is 5.22. The van der Waals surface area contributed by atoms with E-state index in [0.29, 0.717) is 36.9 Å². The maximum atomic E-state index is 11.4. The number of hydrogen-bond acceptors (Lipinski definition) is 4. The van der Waals surface area contributed by atoms with Crippen LogP contribution in [0.4, 0.5) is 0 Å². The Bertz CT molecular complexity index is 491. The van der Waals surface area contributed by atoms with Crippen molar-refractivity contribution in [3.05, 3.63) is 23.2 Å². The van der Waals surface area contributed by atoms with Crippen molar-refractivity contribution in [2.45, 2.75) is 45.2 Å². The number of carboxylic acid groups (broad SMARTS) is 1. The van der Waals surface area contributed by atoms with Gasteiger partial charge in [-0.1, -0.05) is 0 Å². The number of carbonyl (C=O) groups excluding carboxylic acids is 1. The Morgan fingerprint density at radius 2 is 2.20 bits per heavy atom. The van der Waals surface area contributed by atoms with Gasteiger partial charge in [0.25, 0.3) is 0 Å². The Morgan fingerprint density at radius 1 is 1.45 bits per heavy atom. The second-order valence-electron chi connectivity index (χ2n) is 5.15. The van der Waals surface area contributed by atoms with Crippen molar-refractivity contribution in [1.29, 1.82) is 0 Å².